The fourth-order valence-corrected chi connectivity index (χ4v) is 3.98. The Labute approximate surface area is 103 Å². The predicted octanol–water partition coefficient (Wildman–Crippen LogP) is 3.80. The summed E-state index contributed by atoms with van der Waals surface area (Å²) in [6.45, 7) is 8.05. The topological polar surface area (TPSA) is 12.0 Å². The third kappa shape index (κ3) is 2.18. The lowest BCUT2D eigenvalue weighted by Crippen LogP contribution is -2.42. The fraction of sp³-hybridized carbons (Fsp3) is 0.714. The summed E-state index contributed by atoms with van der Waals surface area (Å²) in [6, 6.07) is 5.11. The Hall–Kier alpha value is -0.340. The molecule has 0 amide bonds. The molecule has 0 aromatic carbocycles. The highest BCUT2D eigenvalue weighted by molar-refractivity contribution is 7.10. The molecule has 0 radical (unpaired) electrons. The summed E-state index contributed by atoms with van der Waals surface area (Å²) in [6.07, 6.45) is 4.13. The van der Waals surface area contributed by atoms with Crippen LogP contribution in [0, 0.1) is 5.92 Å². The highest BCUT2D eigenvalue weighted by atomic mass is 32.1. The first-order valence-corrected chi connectivity index (χ1v) is 7.30. The minimum Gasteiger partial charge on any atom is -0.314 e. The van der Waals surface area contributed by atoms with Crippen molar-refractivity contribution in [2.24, 2.45) is 5.92 Å². The number of thiophene rings is 1. The van der Waals surface area contributed by atoms with E-state index in [0.29, 0.717) is 11.5 Å². The van der Waals surface area contributed by atoms with Gasteiger partial charge in [0.1, 0.15) is 0 Å². The molecule has 2 unspecified atom stereocenters. The van der Waals surface area contributed by atoms with Gasteiger partial charge in [-0.05, 0) is 30.2 Å². The van der Waals surface area contributed by atoms with E-state index in [4.69, 9.17) is 0 Å². The van der Waals surface area contributed by atoms with Crippen LogP contribution in [0.1, 0.15) is 44.9 Å². The molecule has 1 aromatic rings. The number of rotatable bonds is 4. The van der Waals surface area contributed by atoms with E-state index in [2.05, 4.69) is 43.6 Å². The molecule has 1 fully saturated rings. The second-order valence-corrected chi connectivity index (χ2v) is 6.41. The molecule has 1 heterocycles. The van der Waals surface area contributed by atoms with E-state index in [1.807, 2.05) is 11.3 Å². The molecular weight excluding hydrogens is 214 g/mol. The first kappa shape index (κ1) is 12.1. The van der Waals surface area contributed by atoms with Crippen LogP contribution < -0.4 is 5.32 Å². The first-order chi connectivity index (χ1) is 7.65. The molecule has 1 nitrogen and oxygen atoms in total. The Bertz CT molecular complexity index is 317. The molecule has 1 aliphatic carbocycles. The Kier molecular flexibility index (Phi) is 3.70. The van der Waals surface area contributed by atoms with Crippen LogP contribution in [0.2, 0.25) is 0 Å². The molecule has 2 rings (SSSR count). The largest absolute Gasteiger partial charge is 0.314 e. The second-order valence-electron chi connectivity index (χ2n) is 5.46. The van der Waals surface area contributed by atoms with Crippen molar-refractivity contribution in [2.75, 3.05) is 6.54 Å². The van der Waals surface area contributed by atoms with E-state index < -0.39 is 0 Å². The van der Waals surface area contributed by atoms with E-state index in [1.165, 1.54) is 19.3 Å². The first-order valence-electron chi connectivity index (χ1n) is 6.42. The van der Waals surface area contributed by atoms with Crippen molar-refractivity contribution in [2.45, 2.75) is 51.5 Å². The van der Waals surface area contributed by atoms with Gasteiger partial charge in [-0.25, -0.2) is 0 Å². The molecule has 90 valence electrons. The van der Waals surface area contributed by atoms with E-state index in [9.17, 15) is 0 Å². The van der Waals surface area contributed by atoms with Crippen molar-refractivity contribution in [3.8, 4) is 0 Å². The van der Waals surface area contributed by atoms with Gasteiger partial charge in [0, 0.05) is 22.9 Å². The van der Waals surface area contributed by atoms with Crippen LogP contribution in [-0.4, -0.2) is 12.6 Å². The van der Waals surface area contributed by atoms with Gasteiger partial charge in [-0.2, -0.15) is 0 Å². The van der Waals surface area contributed by atoms with Crippen LogP contribution in [0.15, 0.2) is 17.5 Å². The van der Waals surface area contributed by atoms with Crippen LogP contribution in [0.4, 0.5) is 0 Å². The van der Waals surface area contributed by atoms with Gasteiger partial charge >= 0.3 is 0 Å². The lowest BCUT2D eigenvalue weighted by molar-refractivity contribution is 0.314. The highest BCUT2D eigenvalue weighted by Crippen LogP contribution is 2.46. The van der Waals surface area contributed by atoms with Crippen LogP contribution in [0.3, 0.4) is 0 Å². The summed E-state index contributed by atoms with van der Waals surface area (Å²) >= 11 is 1.93. The molecule has 16 heavy (non-hydrogen) atoms. The average molecular weight is 237 g/mol. The van der Waals surface area contributed by atoms with Gasteiger partial charge < -0.3 is 5.32 Å². The maximum atomic E-state index is 3.65. The molecule has 1 aliphatic rings. The molecule has 1 aromatic heterocycles. The molecule has 0 bridgehead atoms. The van der Waals surface area contributed by atoms with Gasteiger partial charge in [0.15, 0.2) is 0 Å². The van der Waals surface area contributed by atoms with Crippen molar-refractivity contribution in [1.29, 1.82) is 0 Å². The molecule has 0 spiro atoms. The lowest BCUT2D eigenvalue weighted by Gasteiger charge is -2.34. The summed E-state index contributed by atoms with van der Waals surface area (Å²) in [5.74, 6) is 0.817. The van der Waals surface area contributed by atoms with Crippen molar-refractivity contribution < 1.29 is 0 Å². The number of hydrogen-bond donors (Lipinski definition) is 1. The molecular formula is C14H23NS. The number of hydrogen-bond acceptors (Lipinski definition) is 2. The minimum absolute atomic E-state index is 0.415. The van der Waals surface area contributed by atoms with Crippen molar-refractivity contribution in [1.82, 2.24) is 5.32 Å². The molecule has 2 heteroatoms. The Balaban J connectivity index is 2.19. The Morgan fingerprint density at radius 3 is 2.88 bits per heavy atom. The van der Waals surface area contributed by atoms with E-state index in [1.54, 1.807) is 4.88 Å². The standard InChI is InChI=1S/C14H23NS/c1-11(2)15-10-14(8-4-6-12(14)3)13-7-5-9-16-13/h5,7,9,11-12,15H,4,6,8,10H2,1-3H3. The van der Waals surface area contributed by atoms with Crippen LogP contribution in [-0.2, 0) is 5.41 Å². The smallest absolute Gasteiger partial charge is 0.0197 e. The maximum absolute atomic E-state index is 3.65. The molecule has 0 aliphatic heterocycles. The van der Waals surface area contributed by atoms with Crippen LogP contribution in [0.25, 0.3) is 0 Å². The van der Waals surface area contributed by atoms with Crippen molar-refractivity contribution in [3.05, 3.63) is 22.4 Å². The zero-order valence-corrected chi connectivity index (χ0v) is 11.4. The molecule has 2 atom stereocenters. The zero-order chi connectivity index (χ0) is 11.6. The summed E-state index contributed by atoms with van der Waals surface area (Å²) in [7, 11) is 0. The normalized spacial score (nSPS) is 30.1. The predicted molar refractivity (Wildman–Crippen MR) is 72.2 cm³/mol. The maximum Gasteiger partial charge on any atom is 0.0197 e. The van der Waals surface area contributed by atoms with Gasteiger partial charge in [0.2, 0.25) is 0 Å². The molecule has 1 saturated carbocycles. The average Bonchev–Trinajstić information content (AvgIpc) is 2.84. The van der Waals surface area contributed by atoms with Gasteiger partial charge in [0.25, 0.3) is 0 Å². The highest BCUT2D eigenvalue weighted by Gasteiger charge is 2.42. The van der Waals surface area contributed by atoms with Gasteiger partial charge in [-0.1, -0.05) is 33.3 Å². The summed E-state index contributed by atoms with van der Waals surface area (Å²) in [5, 5.41) is 5.87. The van der Waals surface area contributed by atoms with Crippen molar-refractivity contribution in [3.63, 3.8) is 0 Å². The Morgan fingerprint density at radius 1 is 1.56 bits per heavy atom. The number of nitrogens with one attached hydrogen (secondary N) is 1. The van der Waals surface area contributed by atoms with E-state index in [-0.39, 0.29) is 0 Å². The van der Waals surface area contributed by atoms with Gasteiger partial charge in [0.05, 0.1) is 0 Å². The fourth-order valence-electron chi connectivity index (χ4n) is 2.91. The molecule has 1 N–H and O–H groups in total. The minimum atomic E-state index is 0.415. The summed E-state index contributed by atoms with van der Waals surface area (Å²) in [5.41, 5.74) is 0.415. The van der Waals surface area contributed by atoms with E-state index in [0.717, 1.165) is 12.5 Å². The monoisotopic (exact) mass is 237 g/mol. The lowest BCUT2D eigenvalue weighted by atomic mass is 9.77. The quantitative estimate of drug-likeness (QED) is 0.840. The summed E-state index contributed by atoms with van der Waals surface area (Å²) in [4.78, 5) is 1.59. The third-order valence-electron chi connectivity index (χ3n) is 4.04. The Morgan fingerprint density at radius 2 is 2.38 bits per heavy atom. The third-order valence-corrected chi connectivity index (χ3v) is 5.13. The second kappa shape index (κ2) is 4.89. The van der Waals surface area contributed by atoms with Crippen LogP contribution in [0.5, 0.6) is 0 Å². The van der Waals surface area contributed by atoms with E-state index >= 15 is 0 Å². The molecule has 0 saturated heterocycles. The zero-order valence-electron chi connectivity index (χ0n) is 10.6. The SMILES string of the molecule is CC(C)NCC1(c2cccs2)CCCC1C. The van der Waals surface area contributed by atoms with Gasteiger partial charge in [-0.15, -0.1) is 11.3 Å². The van der Waals surface area contributed by atoms with Crippen molar-refractivity contribution >= 4 is 11.3 Å². The summed E-state index contributed by atoms with van der Waals surface area (Å²) < 4.78 is 0. The van der Waals surface area contributed by atoms with Gasteiger partial charge in [-0.3, -0.25) is 0 Å². The van der Waals surface area contributed by atoms with Crippen LogP contribution >= 0.6 is 11.3 Å².